The molecule has 0 spiro atoms. The zero-order chi connectivity index (χ0) is 17.7. The van der Waals surface area contributed by atoms with Crippen LogP contribution in [0, 0.1) is 12.8 Å². The second-order valence-corrected chi connectivity index (χ2v) is 7.42. The van der Waals surface area contributed by atoms with Crippen molar-refractivity contribution in [1.29, 1.82) is 0 Å². The SMILES string of the molecule is C=O.Cc1cc(C2CCN(C)CC2)c2ncn(CCC(C)C)c2c1. The predicted octanol–water partition coefficient (Wildman–Crippen LogP) is 4.02. The van der Waals surface area contributed by atoms with Crippen LogP contribution in [0.2, 0.25) is 0 Å². The number of carbonyl (C=O) groups excluding carboxylic acids is 1. The van der Waals surface area contributed by atoms with Crippen molar-refractivity contribution in [1.82, 2.24) is 14.5 Å². The summed E-state index contributed by atoms with van der Waals surface area (Å²) >= 11 is 0. The number of aryl methyl sites for hydroxylation is 2. The van der Waals surface area contributed by atoms with E-state index >= 15 is 0 Å². The molecule has 0 unspecified atom stereocenters. The van der Waals surface area contributed by atoms with Gasteiger partial charge in [0.05, 0.1) is 17.4 Å². The number of fused-ring (bicyclic) bond motifs is 1. The fraction of sp³-hybridized carbons (Fsp3) is 0.600. The number of rotatable bonds is 4. The van der Waals surface area contributed by atoms with Gasteiger partial charge in [0.1, 0.15) is 6.79 Å². The Morgan fingerprint density at radius 3 is 2.54 bits per heavy atom. The fourth-order valence-electron chi connectivity index (χ4n) is 3.54. The highest BCUT2D eigenvalue weighted by Crippen LogP contribution is 2.33. The highest BCUT2D eigenvalue weighted by atomic mass is 16.1. The molecule has 0 aliphatic carbocycles. The van der Waals surface area contributed by atoms with Gasteiger partial charge in [-0.25, -0.2) is 4.98 Å². The minimum atomic E-state index is 0.673. The first-order valence-electron chi connectivity index (χ1n) is 8.97. The number of hydrogen-bond donors (Lipinski definition) is 0. The van der Waals surface area contributed by atoms with Crippen LogP contribution in [0.25, 0.3) is 11.0 Å². The molecule has 0 N–H and O–H groups in total. The molecule has 4 heteroatoms. The maximum atomic E-state index is 8.00. The molecule has 132 valence electrons. The van der Waals surface area contributed by atoms with Gasteiger partial charge in [-0.05, 0) is 75.4 Å². The monoisotopic (exact) mass is 329 g/mol. The van der Waals surface area contributed by atoms with E-state index in [0.717, 1.165) is 12.5 Å². The lowest BCUT2D eigenvalue weighted by Gasteiger charge is -2.29. The van der Waals surface area contributed by atoms with Gasteiger partial charge in [-0.2, -0.15) is 0 Å². The standard InChI is InChI=1S/C19H29N3.CH2O/c1-14(2)5-10-22-13-20-19-17(11-15(3)12-18(19)22)16-6-8-21(4)9-7-16;1-2/h11-14,16H,5-10H2,1-4H3;1H2. The van der Waals surface area contributed by atoms with Crippen molar-refractivity contribution < 1.29 is 4.79 Å². The number of likely N-dealkylation sites (tertiary alicyclic amines) is 1. The minimum absolute atomic E-state index is 0.673. The third kappa shape index (κ3) is 4.23. The van der Waals surface area contributed by atoms with Gasteiger partial charge in [-0.15, -0.1) is 0 Å². The molecule has 0 bridgehead atoms. The fourth-order valence-corrected chi connectivity index (χ4v) is 3.54. The van der Waals surface area contributed by atoms with E-state index in [1.54, 1.807) is 0 Å². The number of hydrogen-bond acceptors (Lipinski definition) is 3. The molecule has 0 atom stereocenters. The zero-order valence-corrected chi connectivity index (χ0v) is 15.6. The molecule has 24 heavy (non-hydrogen) atoms. The largest absolute Gasteiger partial charge is 0.331 e. The van der Waals surface area contributed by atoms with Gasteiger partial charge in [-0.1, -0.05) is 19.9 Å². The third-order valence-corrected chi connectivity index (χ3v) is 5.01. The molecule has 4 nitrogen and oxygen atoms in total. The molecule has 0 radical (unpaired) electrons. The zero-order valence-electron chi connectivity index (χ0n) is 15.6. The summed E-state index contributed by atoms with van der Waals surface area (Å²) in [7, 11) is 2.22. The van der Waals surface area contributed by atoms with Crippen molar-refractivity contribution in [2.24, 2.45) is 5.92 Å². The molecule has 2 heterocycles. The summed E-state index contributed by atoms with van der Waals surface area (Å²) in [5.74, 6) is 1.41. The molecule has 1 fully saturated rings. The maximum Gasteiger partial charge on any atom is 0.106 e. The first kappa shape index (κ1) is 18.7. The van der Waals surface area contributed by atoms with Crippen LogP contribution in [-0.4, -0.2) is 41.4 Å². The van der Waals surface area contributed by atoms with Gasteiger partial charge in [0.2, 0.25) is 0 Å². The van der Waals surface area contributed by atoms with Gasteiger partial charge in [-0.3, -0.25) is 0 Å². The van der Waals surface area contributed by atoms with Crippen LogP contribution in [-0.2, 0) is 11.3 Å². The Kier molecular flexibility index (Phi) is 6.55. The lowest BCUT2D eigenvalue weighted by molar-refractivity contribution is -0.0979. The van der Waals surface area contributed by atoms with Crippen LogP contribution >= 0.6 is 0 Å². The van der Waals surface area contributed by atoms with Gasteiger partial charge in [0.25, 0.3) is 0 Å². The lowest BCUT2D eigenvalue weighted by Crippen LogP contribution is -2.29. The maximum absolute atomic E-state index is 8.00. The van der Waals surface area contributed by atoms with E-state index in [1.807, 2.05) is 13.1 Å². The van der Waals surface area contributed by atoms with Crippen molar-refractivity contribution in [3.63, 3.8) is 0 Å². The molecular weight excluding hydrogens is 298 g/mol. The Hall–Kier alpha value is -1.68. The van der Waals surface area contributed by atoms with E-state index in [4.69, 9.17) is 9.78 Å². The molecule has 3 rings (SSSR count). The van der Waals surface area contributed by atoms with Crippen LogP contribution in [0.5, 0.6) is 0 Å². The first-order valence-corrected chi connectivity index (χ1v) is 8.97. The molecule has 0 saturated carbocycles. The molecular formula is C20H31N3O. The van der Waals surface area contributed by atoms with Crippen LogP contribution in [0.1, 0.15) is 50.2 Å². The average molecular weight is 329 g/mol. The summed E-state index contributed by atoms with van der Waals surface area (Å²) < 4.78 is 2.35. The Balaban J connectivity index is 0.00000100. The Bertz CT molecular complexity index is 654. The van der Waals surface area contributed by atoms with Crippen molar-refractivity contribution in [2.45, 2.75) is 52.5 Å². The minimum Gasteiger partial charge on any atom is -0.331 e. The summed E-state index contributed by atoms with van der Waals surface area (Å²) in [6, 6.07) is 4.68. The summed E-state index contributed by atoms with van der Waals surface area (Å²) in [6.07, 6.45) is 5.77. The van der Waals surface area contributed by atoms with Crippen LogP contribution in [0.3, 0.4) is 0 Å². The molecule has 1 aromatic carbocycles. The normalized spacial score (nSPS) is 16.4. The summed E-state index contributed by atoms with van der Waals surface area (Å²) in [5.41, 5.74) is 5.41. The molecule has 1 aliphatic heterocycles. The highest BCUT2D eigenvalue weighted by molar-refractivity contribution is 5.80. The van der Waals surface area contributed by atoms with E-state index in [-0.39, 0.29) is 0 Å². The van der Waals surface area contributed by atoms with E-state index in [9.17, 15) is 0 Å². The van der Waals surface area contributed by atoms with Gasteiger partial charge in [0, 0.05) is 6.54 Å². The highest BCUT2D eigenvalue weighted by Gasteiger charge is 2.22. The molecule has 2 aromatic rings. The average Bonchev–Trinajstić information content (AvgIpc) is 2.97. The quantitative estimate of drug-likeness (QED) is 0.850. The first-order chi connectivity index (χ1) is 11.5. The molecule has 1 aromatic heterocycles. The second kappa shape index (κ2) is 8.43. The second-order valence-electron chi connectivity index (χ2n) is 7.42. The van der Waals surface area contributed by atoms with Crippen molar-refractivity contribution in [3.05, 3.63) is 29.6 Å². The summed E-state index contributed by atoms with van der Waals surface area (Å²) in [6.45, 7) is 12.3. The van der Waals surface area contributed by atoms with E-state index in [2.05, 4.69) is 49.4 Å². The predicted molar refractivity (Wildman–Crippen MR) is 101 cm³/mol. The van der Waals surface area contributed by atoms with Gasteiger partial charge < -0.3 is 14.3 Å². The van der Waals surface area contributed by atoms with E-state index < -0.39 is 0 Å². The number of benzene rings is 1. The van der Waals surface area contributed by atoms with E-state index in [0.29, 0.717) is 5.92 Å². The van der Waals surface area contributed by atoms with Crippen molar-refractivity contribution >= 4 is 17.8 Å². The summed E-state index contributed by atoms with van der Waals surface area (Å²) in [4.78, 5) is 15.2. The number of nitrogens with zero attached hydrogens (tertiary/aromatic N) is 3. The van der Waals surface area contributed by atoms with Crippen molar-refractivity contribution in [2.75, 3.05) is 20.1 Å². The smallest absolute Gasteiger partial charge is 0.106 e. The lowest BCUT2D eigenvalue weighted by atomic mass is 9.88. The molecule has 0 amide bonds. The molecule has 1 saturated heterocycles. The number of imidazole rings is 1. The summed E-state index contributed by atoms with van der Waals surface area (Å²) in [5, 5.41) is 0. The van der Waals surface area contributed by atoms with Crippen LogP contribution < -0.4 is 0 Å². The Labute approximate surface area is 145 Å². The Morgan fingerprint density at radius 1 is 1.25 bits per heavy atom. The van der Waals surface area contributed by atoms with E-state index in [1.165, 1.54) is 54.5 Å². The topological polar surface area (TPSA) is 38.1 Å². The van der Waals surface area contributed by atoms with Gasteiger partial charge >= 0.3 is 0 Å². The van der Waals surface area contributed by atoms with Crippen LogP contribution in [0.15, 0.2) is 18.5 Å². The van der Waals surface area contributed by atoms with Gasteiger partial charge in [0.15, 0.2) is 0 Å². The van der Waals surface area contributed by atoms with Crippen LogP contribution in [0.4, 0.5) is 0 Å². The number of aromatic nitrogens is 2. The Morgan fingerprint density at radius 2 is 1.92 bits per heavy atom. The van der Waals surface area contributed by atoms with Crippen molar-refractivity contribution in [3.8, 4) is 0 Å². The molecule has 1 aliphatic rings. The number of piperidine rings is 1. The third-order valence-electron chi connectivity index (χ3n) is 5.01. The number of carbonyl (C=O) groups is 1.